The molecule has 9 rings (SSSR count). The second kappa shape index (κ2) is 18.0. The third-order valence-corrected chi connectivity index (χ3v) is 11.1. The average molecular weight is 807 g/mol. The average Bonchev–Trinajstić information content (AvgIpc) is 4.01. The van der Waals surface area contributed by atoms with Crippen molar-refractivity contribution in [3.8, 4) is 11.5 Å². The number of benzene rings is 4. The van der Waals surface area contributed by atoms with E-state index in [0.29, 0.717) is 71.6 Å². The Morgan fingerprint density at radius 3 is 1.68 bits per heavy atom. The van der Waals surface area contributed by atoms with Crippen LogP contribution in [0.15, 0.2) is 72.8 Å². The van der Waals surface area contributed by atoms with Crippen LogP contribution >= 0.6 is 0 Å². The van der Waals surface area contributed by atoms with Crippen molar-refractivity contribution in [2.75, 3.05) is 76.3 Å². The smallest absolute Gasteiger partial charge is 0.260 e. The molecular weight excluding hydrogens is 759 g/mol. The van der Waals surface area contributed by atoms with Crippen molar-refractivity contribution in [3.05, 3.63) is 118 Å². The molecule has 2 N–H and O–H groups in total. The number of amides is 2. The summed E-state index contributed by atoms with van der Waals surface area (Å²) in [4.78, 5) is 29.7. The van der Waals surface area contributed by atoms with Crippen LogP contribution < -0.4 is 20.1 Å². The summed E-state index contributed by atoms with van der Waals surface area (Å²) in [6.45, 7) is 14.0. The number of carbonyl (C=O) groups excluding carboxylic acids is 2. The van der Waals surface area contributed by atoms with Gasteiger partial charge >= 0.3 is 0 Å². The van der Waals surface area contributed by atoms with Gasteiger partial charge in [0.1, 0.15) is 47.9 Å². The molecule has 4 aromatic carbocycles. The van der Waals surface area contributed by atoms with E-state index in [0.717, 1.165) is 99.1 Å². The SMILES string of the molecule is CCN(CC)CCCOc1ccc2c(c1)COC2=C1C(=O)Nc2ccc(F)cc21.O=C1Nc2ccc(F)cc2C1=C1OCc2cc(OCCCN3CCOCC3)ccc21. The molecule has 1 fully saturated rings. The highest BCUT2D eigenvalue weighted by atomic mass is 19.1. The maximum atomic E-state index is 13.7. The highest BCUT2D eigenvalue weighted by Crippen LogP contribution is 2.44. The summed E-state index contributed by atoms with van der Waals surface area (Å²) in [6.07, 6.45) is 1.92. The molecule has 5 aliphatic heterocycles. The fourth-order valence-corrected chi connectivity index (χ4v) is 7.92. The van der Waals surface area contributed by atoms with Gasteiger partial charge in [0, 0.05) is 70.9 Å². The van der Waals surface area contributed by atoms with Gasteiger partial charge < -0.3 is 39.2 Å². The molecule has 4 aromatic rings. The first-order valence-corrected chi connectivity index (χ1v) is 20.3. The van der Waals surface area contributed by atoms with Crippen LogP contribution in [0.2, 0.25) is 0 Å². The molecule has 0 unspecified atom stereocenters. The fourth-order valence-electron chi connectivity index (χ4n) is 7.92. The first kappa shape index (κ1) is 40.0. The van der Waals surface area contributed by atoms with Gasteiger partial charge in [-0.25, -0.2) is 8.78 Å². The Morgan fingerprint density at radius 1 is 0.661 bits per heavy atom. The molecule has 0 spiro atoms. The number of hydrogen-bond acceptors (Lipinski definition) is 9. The van der Waals surface area contributed by atoms with Crippen molar-refractivity contribution < 1.29 is 42.1 Å². The van der Waals surface area contributed by atoms with Crippen LogP contribution in [0.1, 0.15) is 60.1 Å². The zero-order chi connectivity index (χ0) is 40.9. The van der Waals surface area contributed by atoms with E-state index in [1.807, 2.05) is 36.4 Å². The van der Waals surface area contributed by atoms with Crippen LogP contribution in [-0.2, 0) is 37.0 Å². The minimum absolute atomic E-state index is 0.273. The third kappa shape index (κ3) is 8.82. The molecule has 0 radical (unpaired) electrons. The maximum absolute atomic E-state index is 13.7. The Morgan fingerprint density at radius 2 is 1.17 bits per heavy atom. The second-order valence-corrected chi connectivity index (χ2v) is 14.8. The van der Waals surface area contributed by atoms with Gasteiger partial charge in [0.25, 0.3) is 11.8 Å². The minimum Gasteiger partial charge on any atom is -0.494 e. The molecule has 2 amide bonds. The van der Waals surface area contributed by atoms with E-state index in [-0.39, 0.29) is 23.4 Å². The Kier molecular flexibility index (Phi) is 12.2. The lowest BCUT2D eigenvalue weighted by atomic mass is 10.0. The lowest BCUT2D eigenvalue weighted by molar-refractivity contribution is -0.111. The van der Waals surface area contributed by atoms with Crippen LogP contribution in [-0.4, -0.2) is 87.3 Å². The molecule has 0 saturated carbocycles. The van der Waals surface area contributed by atoms with Gasteiger partial charge in [-0.3, -0.25) is 14.5 Å². The summed E-state index contributed by atoms with van der Waals surface area (Å²) in [5.41, 5.74) is 6.65. The predicted octanol–water partition coefficient (Wildman–Crippen LogP) is 7.56. The normalized spacial score (nSPS) is 18.9. The summed E-state index contributed by atoms with van der Waals surface area (Å²) in [7, 11) is 0. The summed E-state index contributed by atoms with van der Waals surface area (Å²) in [5.74, 6) is 1.24. The lowest BCUT2D eigenvalue weighted by Crippen LogP contribution is -2.37. The number of morpholine rings is 1. The largest absolute Gasteiger partial charge is 0.494 e. The fraction of sp³-hybridized carbons (Fsp3) is 0.348. The van der Waals surface area contributed by atoms with Crippen LogP contribution in [0.25, 0.3) is 22.7 Å². The molecular formula is C46H48F2N4O7. The van der Waals surface area contributed by atoms with E-state index >= 15 is 0 Å². The number of halogens is 2. The van der Waals surface area contributed by atoms with Gasteiger partial charge in [-0.1, -0.05) is 13.8 Å². The van der Waals surface area contributed by atoms with E-state index < -0.39 is 0 Å². The van der Waals surface area contributed by atoms with Crippen molar-refractivity contribution in [1.82, 2.24) is 9.80 Å². The zero-order valence-corrected chi connectivity index (χ0v) is 33.3. The molecule has 0 bridgehead atoms. The van der Waals surface area contributed by atoms with Gasteiger partial charge in [0.05, 0.1) is 37.6 Å². The highest BCUT2D eigenvalue weighted by molar-refractivity contribution is 6.37. The topological polar surface area (TPSA) is 111 Å². The summed E-state index contributed by atoms with van der Waals surface area (Å²) >= 11 is 0. The van der Waals surface area contributed by atoms with Crippen molar-refractivity contribution in [2.45, 2.75) is 39.9 Å². The van der Waals surface area contributed by atoms with Crippen LogP contribution in [0.4, 0.5) is 20.2 Å². The first-order valence-electron chi connectivity index (χ1n) is 20.3. The summed E-state index contributed by atoms with van der Waals surface area (Å²) < 4.78 is 56.3. The number of carbonyl (C=O) groups is 2. The van der Waals surface area contributed by atoms with Gasteiger partial charge in [0.15, 0.2) is 0 Å². The second-order valence-electron chi connectivity index (χ2n) is 14.8. The number of fused-ring (bicyclic) bond motifs is 4. The number of nitrogens with one attached hydrogen (secondary N) is 2. The zero-order valence-electron chi connectivity index (χ0n) is 33.3. The molecule has 13 heteroatoms. The van der Waals surface area contributed by atoms with Crippen molar-refractivity contribution >= 4 is 45.9 Å². The lowest BCUT2D eigenvalue weighted by Gasteiger charge is -2.26. The Labute approximate surface area is 342 Å². The van der Waals surface area contributed by atoms with E-state index in [4.69, 9.17) is 23.7 Å². The Balaban J connectivity index is 0.000000164. The maximum Gasteiger partial charge on any atom is 0.260 e. The van der Waals surface area contributed by atoms with Gasteiger partial charge in [-0.05, 0) is 98.7 Å². The summed E-state index contributed by atoms with van der Waals surface area (Å²) in [6, 6.07) is 20.1. The van der Waals surface area contributed by atoms with Gasteiger partial charge in [-0.15, -0.1) is 0 Å². The van der Waals surface area contributed by atoms with Gasteiger partial charge in [-0.2, -0.15) is 0 Å². The van der Waals surface area contributed by atoms with E-state index in [1.165, 1.54) is 24.3 Å². The number of ether oxygens (including phenoxy) is 5. The van der Waals surface area contributed by atoms with Crippen molar-refractivity contribution in [2.24, 2.45) is 0 Å². The molecule has 0 aromatic heterocycles. The number of rotatable bonds is 12. The van der Waals surface area contributed by atoms with Crippen LogP contribution in [0, 0.1) is 11.6 Å². The van der Waals surface area contributed by atoms with Crippen LogP contribution in [0.5, 0.6) is 11.5 Å². The number of nitrogens with zero attached hydrogens (tertiary/aromatic N) is 2. The van der Waals surface area contributed by atoms with Crippen LogP contribution in [0.3, 0.4) is 0 Å². The van der Waals surface area contributed by atoms with E-state index in [2.05, 4.69) is 34.3 Å². The highest BCUT2D eigenvalue weighted by Gasteiger charge is 2.34. The molecule has 59 heavy (non-hydrogen) atoms. The number of anilines is 2. The molecule has 1 saturated heterocycles. The first-order chi connectivity index (χ1) is 28.8. The Bertz CT molecular complexity index is 2300. The molecule has 5 aliphatic rings. The molecule has 0 atom stereocenters. The quantitative estimate of drug-likeness (QED) is 0.111. The van der Waals surface area contributed by atoms with E-state index in [9.17, 15) is 18.4 Å². The number of hydrogen-bond donors (Lipinski definition) is 2. The molecule has 11 nitrogen and oxygen atoms in total. The van der Waals surface area contributed by atoms with E-state index in [1.54, 1.807) is 12.1 Å². The third-order valence-electron chi connectivity index (χ3n) is 11.1. The molecule has 308 valence electrons. The molecule has 0 aliphatic carbocycles. The minimum atomic E-state index is -0.387. The van der Waals surface area contributed by atoms with Gasteiger partial charge in [0.2, 0.25) is 0 Å². The monoisotopic (exact) mass is 806 g/mol. The van der Waals surface area contributed by atoms with Crippen molar-refractivity contribution in [1.29, 1.82) is 0 Å². The van der Waals surface area contributed by atoms with Crippen molar-refractivity contribution in [3.63, 3.8) is 0 Å². The predicted molar refractivity (Wildman–Crippen MR) is 221 cm³/mol. The Hall–Kier alpha value is -5.76. The molecule has 5 heterocycles. The summed E-state index contributed by atoms with van der Waals surface area (Å²) in [5, 5.41) is 5.55. The standard InChI is InChI=1S/C23H23FN2O4.C23H25FN2O3/c24-16-2-5-20-19(13-16)21(23(27)25-20)22-18-4-3-17(12-15(18)14-30-22)29-9-1-6-26-7-10-28-11-8-26;1-3-26(4-2)10-5-11-28-17-7-8-18-15(12-17)14-29-22(18)21-19-13-16(24)6-9-20(19)25-23(21)27/h2-5,12-13H,1,6-11,14H2,(H,25,27);6-9,12-13H,3-5,10-11,14H2,1-2H3,(H,25,27).